The third-order valence-electron chi connectivity index (χ3n) is 3.02. The van der Waals surface area contributed by atoms with E-state index in [0.717, 1.165) is 5.56 Å². The fraction of sp³-hybridized carbons (Fsp3) is 0.500. The summed E-state index contributed by atoms with van der Waals surface area (Å²) in [6, 6.07) is 6.95. The molecule has 6 heteroatoms. The smallest absolute Gasteiger partial charge is 0.242 e. The zero-order valence-corrected chi connectivity index (χ0v) is 11.4. The van der Waals surface area contributed by atoms with Gasteiger partial charge in [0.2, 0.25) is 10.0 Å². The van der Waals surface area contributed by atoms with Crippen LogP contribution in [-0.2, 0) is 16.6 Å². The maximum atomic E-state index is 12.0. The molecule has 0 radical (unpaired) electrons. The van der Waals surface area contributed by atoms with Crippen LogP contribution in [0.3, 0.4) is 0 Å². The van der Waals surface area contributed by atoms with E-state index in [-0.39, 0.29) is 6.10 Å². The number of β-amino-alcohol motifs (C(OH)–C–C–N with tert-alkyl or cyclic N) is 1. The molecule has 1 fully saturated rings. The van der Waals surface area contributed by atoms with Crippen LogP contribution in [-0.4, -0.2) is 56.0 Å². The van der Waals surface area contributed by atoms with Crippen LogP contribution in [0.1, 0.15) is 5.56 Å². The minimum atomic E-state index is -3.37. The molecule has 1 aromatic rings. The quantitative estimate of drug-likeness (QED) is 0.844. The molecule has 1 aromatic carbocycles. The fourth-order valence-corrected chi connectivity index (χ4v) is 2.92. The van der Waals surface area contributed by atoms with Crippen molar-refractivity contribution in [2.24, 2.45) is 0 Å². The number of nitrogens with zero attached hydrogens (tertiary/aromatic N) is 2. The molecule has 5 nitrogen and oxygen atoms in total. The van der Waals surface area contributed by atoms with Gasteiger partial charge in [-0.3, -0.25) is 4.90 Å². The van der Waals surface area contributed by atoms with Crippen LogP contribution in [0.2, 0.25) is 0 Å². The molecule has 0 spiro atoms. The molecule has 0 aromatic heterocycles. The molecular weight excluding hydrogens is 252 g/mol. The van der Waals surface area contributed by atoms with E-state index in [1.165, 1.54) is 18.4 Å². The summed E-state index contributed by atoms with van der Waals surface area (Å²) in [5.41, 5.74) is 0.949. The van der Waals surface area contributed by atoms with Crippen molar-refractivity contribution in [3.8, 4) is 0 Å². The number of sulfonamides is 1. The molecule has 1 heterocycles. The highest BCUT2D eigenvalue weighted by molar-refractivity contribution is 7.89. The number of likely N-dealkylation sites (tertiary alicyclic amines) is 1. The van der Waals surface area contributed by atoms with Crippen molar-refractivity contribution in [3.63, 3.8) is 0 Å². The lowest BCUT2D eigenvalue weighted by molar-refractivity contribution is -0.00289. The van der Waals surface area contributed by atoms with Crippen molar-refractivity contribution in [1.29, 1.82) is 0 Å². The van der Waals surface area contributed by atoms with E-state index >= 15 is 0 Å². The van der Waals surface area contributed by atoms with Crippen molar-refractivity contribution < 1.29 is 13.5 Å². The number of rotatable bonds is 4. The molecule has 0 unspecified atom stereocenters. The SMILES string of the molecule is CN(C)S(=O)(=O)c1cccc(CN2CC(O)C2)c1. The molecule has 1 aliphatic rings. The highest BCUT2D eigenvalue weighted by Gasteiger charge is 2.24. The summed E-state index contributed by atoms with van der Waals surface area (Å²) in [6.45, 7) is 1.99. The summed E-state index contributed by atoms with van der Waals surface area (Å²) >= 11 is 0. The maximum absolute atomic E-state index is 12.0. The Labute approximate surface area is 108 Å². The predicted molar refractivity (Wildman–Crippen MR) is 68.6 cm³/mol. The first-order valence-electron chi connectivity index (χ1n) is 5.81. The topological polar surface area (TPSA) is 60.9 Å². The van der Waals surface area contributed by atoms with Gasteiger partial charge in [-0.25, -0.2) is 12.7 Å². The van der Waals surface area contributed by atoms with Crippen LogP contribution < -0.4 is 0 Å². The monoisotopic (exact) mass is 270 g/mol. The van der Waals surface area contributed by atoms with Crippen molar-refractivity contribution >= 4 is 10.0 Å². The lowest BCUT2D eigenvalue weighted by atomic mass is 10.1. The van der Waals surface area contributed by atoms with E-state index in [0.29, 0.717) is 24.5 Å². The van der Waals surface area contributed by atoms with Gasteiger partial charge in [0.05, 0.1) is 11.0 Å². The van der Waals surface area contributed by atoms with E-state index in [4.69, 9.17) is 0 Å². The molecule has 2 rings (SSSR count). The highest BCUT2D eigenvalue weighted by atomic mass is 32.2. The molecule has 0 aliphatic carbocycles. The van der Waals surface area contributed by atoms with Gasteiger partial charge in [0.1, 0.15) is 0 Å². The zero-order valence-electron chi connectivity index (χ0n) is 10.6. The standard InChI is InChI=1S/C12H18N2O3S/c1-13(2)18(16,17)12-5-3-4-10(6-12)7-14-8-11(15)9-14/h3-6,11,15H,7-9H2,1-2H3. The minimum Gasteiger partial charge on any atom is -0.390 e. The number of aliphatic hydroxyl groups excluding tert-OH is 1. The van der Waals surface area contributed by atoms with E-state index in [9.17, 15) is 13.5 Å². The average Bonchev–Trinajstić information content (AvgIpc) is 2.27. The van der Waals surface area contributed by atoms with Crippen molar-refractivity contribution in [2.45, 2.75) is 17.5 Å². The molecule has 1 saturated heterocycles. The molecule has 1 aliphatic heterocycles. The van der Waals surface area contributed by atoms with E-state index in [1.54, 1.807) is 18.2 Å². The fourth-order valence-electron chi connectivity index (χ4n) is 1.95. The Balaban J connectivity index is 2.15. The van der Waals surface area contributed by atoms with Gasteiger partial charge in [-0.2, -0.15) is 0 Å². The summed E-state index contributed by atoms with van der Waals surface area (Å²) in [4.78, 5) is 2.39. The van der Waals surface area contributed by atoms with Gasteiger partial charge in [0.15, 0.2) is 0 Å². The van der Waals surface area contributed by atoms with Gasteiger partial charge in [0, 0.05) is 33.7 Å². The van der Waals surface area contributed by atoms with E-state index in [1.807, 2.05) is 6.07 Å². The summed E-state index contributed by atoms with van der Waals surface area (Å²) in [6.07, 6.45) is -0.237. The minimum absolute atomic E-state index is 0.237. The van der Waals surface area contributed by atoms with Crippen LogP contribution in [0.4, 0.5) is 0 Å². The average molecular weight is 270 g/mol. The van der Waals surface area contributed by atoms with E-state index < -0.39 is 10.0 Å². The number of hydrogen-bond acceptors (Lipinski definition) is 4. The maximum Gasteiger partial charge on any atom is 0.242 e. The van der Waals surface area contributed by atoms with Crippen LogP contribution >= 0.6 is 0 Å². The Hall–Kier alpha value is -0.950. The Morgan fingerprint density at radius 1 is 1.39 bits per heavy atom. The van der Waals surface area contributed by atoms with Gasteiger partial charge in [0.25, 0.3) is 0 Å². The molecule has 0 amide bonds. The molecular formula is C12H18N2O3S. The summed E-state index contributed by atoms with van der Waals surface area (Å²) < 4.78 is 25.2. The second-order valence-corrected chi connectivity index (χ2v) is 6.93. The molecule has 18 heavy (non-hydrogen) atoms. The van der Waals surface area contributed by atoms with E-state index in [2.05, 4.69) is 4.90 Å². The molecule has 0 saturated carbocycles. The third kappa shape index (κ3) is 2.72. The first-order chi connectivity index (χ1) is 8.39. The van der Waals surface area contributed by atoms with Gasteiger partial charge < -0.3 is 5.11 Å². The molecule has 100 valence electrons. The number of aliphatic hydroxyl groups is 1. The highest BCUT2D eigenvalue weighted by Crippen LogP contribution is 2.18. The summed E-state index contributed by atoms with van der Waals surface area (Å²) in [5, 5.41) is 9.21. The van der Waals surface area contributed by atoms with Crippen LogP contribution in [0.25, 0.3) is 0 Å². The second-order valence-electron chi connectivity index (χ2n) is 4.78. The first kappa shape index (κ1) is 13.5. The van der Waals surface area contributed by atoms with Crippen LogP contribution in [0, 0.1) is 0 Å². The summed E-state index contributed by atoms with van der Waals surface area (Å²) in [5.74, 6) is 0. The predicted octanol–water partition coefficient (Wildman–Crippen LogP) is 0.113. The Morgan fingerprint density at radius 3 is 2.61 bits per heavy atom. The first-order valence-corrected chi connectivity index (χ1v) is 7.25. The van der Waals surface area contributed by atoms with Gasteiger partial charge in [-0.05, 0) is 17.7 Å². The van der Waals surface area contributed by atoms with Crippen molar-refractivity contribution in [1.82, 2.24) is 9.21 Å². The normalized spacial score (nSPS) is 18.0. The second kappa shape index (κ2) is 4.97. The Kier molecular flexibility index (Phi) is 3.72. The third-order valence-corrected chi connectivity index (χ3v) is 4.83. The Bertz CT molecular complexity index is 522. The van der Waals surface area contributed by atoms with Gasteiger partial charge >= 0.3 is 0 Å². The summed E-state index contributed by atoms with van der Waals surface area (Å²) in [7, 11) is -0.326. The van der Waals surface area contributed by atoms with Crippen LogP contribution in [0.5, 0.6) is 0 Å². The van der Waals surface area contributed by atoms with Gasteiger partial charge in [-0.1, -0.05) is 12.1 Å². The van der Waals surface area contributed by atoms with Crippen molar-refractivity contribution in [2.75, 3.05) is 27.2 Å². The number of benzene rings is 1. The van der Waals surface area contributed by atoms with Crippen molar-refractivity contribution in [3.05, 3.63) is 29.8 Å². The largest absolute Gasteiger partial charge is 0.390 e. The lowest BCUT2D eigenvalue weighted by Gasteiger charge is -2.35. The Morgan fingerprint density at radius 2 is 2.06 bits per heavy atom. The lowest BCUT2D eigenvalue weighted by Crippen LogP contribution is -2.49. The van der Waals surface area contributed by atoms with Gasteiger partial charge in [-0.15, -0.1) is 0 Å². The van der Waals surface area contributed by atoms with Crippen LogP contribution in [0.15, 0.2) is 29.2 Å². The molecule has 0 atom stereocenters. The molecule has 1 N–H and O–H groups in total. The molecule has 0 bridgehead atoms. The zero-order chi connectivity index (χ0) is 13.3. The number of hydrogen-bond donors (Lipinski definition) is 1.